The van der Waals surface area contributed by atoms with Crippen LogP contribution in [0.5, 0.6) is 0 Å². The van der Waals surface area contributed by atoms with E-state index in [1.807, 2.05) is 6.20 Å². The Balaban J connectivity index is 2.34. The molecule has 1 N–H and O–H groups in total. The highest BCUT2D eigenvalue weighted by Gasteiger charge is 2.44. The topological polar surface area (TPSA) is 41.6 Å². The molecule has 0 saturated heterocycles. The normalized spacial score (nSPS) is 17.6. The van der Waals surface area contributed by atoms with Gasteiger partial charge in [0.25, 0.3) is 0 Å². The summed E-state index contributed by atoms with van der Waals surface area (Å²) in [6, 6.07) is 0. The summed E-state index contributed by atoms with van der Waals surface area (Å²) in [7, 11) is 0. The zero-order valence-electron chi connectivity index (χ0n) is 7.92. The van der Waals surface area contributed by atoms with Crippen LogP contribution >= 0.6 is 11.6 Å². The van der Waals surface area contributed by atoms with Crippen LogP contribution in [-0.2, 0) is 5.41 Å². The first-order valence-electron chi connectivity index (χ1n) is 4.73. The summed E-state index contributed by atoms with van der Waals surface area (Å²) in [5.74, 6) is 2.84. The van der Waals surface area contributed by atoms with Crippen LogP contribution in [0.2, 0.25) is 5.15 Å². The molecular weight excluding hydrogens is 210 g/mol. The second kappa shape index (κ2) is 2.74. The third-order valence-corrected chi connectivity index (χ3v) is 3.25. The fourth-order valence-electron chi connectivity index (χ4n) is 1.92. The standard InChI is InChI=1S/C11H8ClN3/c1-2-11(3-4-11)7-5-13-10-8(7)9(12)14-6-15-10/h1,5-6H,3-4H2,(H,13,14,15). The minimum Gasteiger partial charge on any atom is -0.346 e. The highest BCUT2D eigenvalue weighted by molar-refractivity contribution is 6.34. The van der Waals surface area contributed by atoms with Crippen LogP contribution in [0.15, 0.2) is 12.5 Å². The smallest absolute Gasteiger partial charge is 0.142 e. The number of fused-ring (bicyclic) bond motifs is 1. The quantitative estimate of drug-likeness (QED) is 0.588. The molecule has 0 radical (unpaired) electrons. The molecule has 0 aromatic carbocycles. The number of hydrogen-bond donors (Lipinski definition) is 1. The molecule has 4 heteroatoms. The molecule has 3 rings (SSSR count). The number of H-pyrrole nitrogens is 1. The Kier molecular flexibility index (Phi) is 1.60. The van der Waals surface area contributed by atoms with Gasteiger partial charge in [0, 0.05) is 11.8 Å². The van der Waals surface area contributed by atoms with E-state index in [0.717, 1.165) is 29.4 Å². The summed E-state index contributed by atoms with van der Waals surface area (Å²) in [5, 5.41) is 1.34. The second-order valence-electron chi connectivity index (χ2n) is 3.82. The Morgan fingerprint density at radius 1 is 1.47 bits per heavy atom. The van der Waals surface area contributed by atoms with Crippen LogP contribution in [0.1, 0.15) is 18.4 Å². The molecule has 1 aliphatic carbocycles. The molecule has 0 amide bonds. The average Bonchev–Trinajstić information content (AvgIpc) is 2.92. The molecule has 2 aromatic heterocycles. The Morgan fingerprint density at radius 3 is 2.93 bits per heavy atom. The van der Waals surface area contributed by atoms with E-state index in [1.54, 1.807) is 0 Å². The predicted molar refractivity (Wildman–Crippen MR) is 58.6 cm³/mol. The van der Waals surface area contributed by atoms with Gasteiger partial charge in [-0.25, -0.2) is 9.97 Å². The number of halogens is 1. The van der Waals surface area contributed by atoms with E-state index in [4.69, 9.17) is 18.0 Å². The van der Waals surface area contributed by atoms with Gasteiger partial charge in [0.1, 0.15) is 17.1 Å². The second-order valence-corrected chi connectivity index (χ2v) is 4.17. The summed E-state index contributed by atoms with van der Waals surface area (Å²) in [6.45, 7) is 0. The Bertz CT molecular complexity index is 575. The number of nitrogens with zero attached hydrogens (tertiary/aromatic N) is 2. The van der Waals surface area contributed by atoms with Gasteiger partial charge in [-0.2, -0.15) is 0 Å². The van der Waals surface area contributed by atoms with Crippen molar-refractivity contribution in [2.75, 3.05) is 0 Å². The molecule has 0 atom stereocenters. The zero-order valence-corrected chi connectivity index (χ0v) is 8.67. The van der Waals surface area contributed by atoms with Gasteiger partial charge in [-0.3, -0.25) is 0 Å². The molecule has 1 aliphatic rings. The fourth-order valence-corrected chi connectivity index (χ4v) is 2.15. The van der Waals surface area contributed by atoms with Crippen molar-refractivity contribution in [2.45, 2.75) is 18.3 Å². The molecule has 0 spiro atoms. The van der Waals surface area contributed by atoms with Crippen LogP contribution in [-0.4, -0.2) is 15.0 Å². The molecule has 0 aliphatic heterocycles. The third-order valence-electron chi connectivity index (χ3n) is 2.97. The van der Waals surface area contributed by atoms with Gasteiger partial charge >= 0.3 is 0 Å². The third kappa shape index (κ3) is 1.09. The van der Waals surface area contributed by atoms with Crippen LogP contribution in [0.25, 0.3) is 11.0 Å². The fraction of sp³-hybridized carbons (Fsp3) is 0.273. The molecule has 0 bridgehead atoms. The Labute approximate surface area is 91.9 Å². The van der Waals surface area contributed by atoms with Gasteiger partial charge in [-0.15, -0.1) is 6.42 Å². The predicted octanol–water partition coefficient (Wildman–Crippen LogP) is 2.28. The monoisotopic (exact) mass is 217 g/mol. The molecule has 3 nitrogen and oxygen atoms in total. The summed E-state index contributed by atoms with van der Waals surface area (Å²) < 4.78 is 0. The summed E-state index contributed by atoms with van der Waals surface area (Å²) in [6.07, 6.45) is 10.9. The van der Waals surface area contributed by atoms with E-state index in [1.165, 1.54) is 6.33 Å². The lowest BCUT2D eigenvalue weighted by atomic mass is 9.98. The molecule has 1 saturated carbocycles. The van der Waals surface area contributed by atoms with E-state index >= 15 is 0 Å². The van der Waals surface area contributed by atoms with E-state index in [9.17, 15) is 0 Å². The molecule has 1 fully saturated rings. The van der Waals surface area contributed by atoms with Gasteiger partial charge in [0.15, 0.2) is 0 Å². The van der Waals surface area contributed by atoms with Gasteiger partial charge in [-0.05, 0) is 12.8 Å². The van der Waals surface area contributed by atoms with Gasteiger partial charge < -0.3 is 4.98 Å². The maximum atomic E-state index is 6.05. The van der Waals surface area contributed by atoms with Crippen molar-refractivity contribution in [3.05, 3.63) is 23.2 Å². The summed E-state index contributed by atoms with van der Waals surface area (Å²) in [4.78, 5) is 11.2. The summed E-state index contributed by atoms with van der Waals surface area (Å²) in [5.41, 5.74) is 1.68. The SMILES string of the molecule is C#CC1(c2c[nH]c3ncnc(Cl)c23)CC1. The van der Waals surface area contributed by atoms with Crippen molar-refractivity contribution in [3.63, 3.8) is 0 Å². The molecular formula is C11H8ClN3. The Hall–Kier alpha value is -1.53. The van der Waals surface area contributed by atoms with Crippen molar-refractivity contribution in [2.24, 2.45) is 0 Å². The number of aromatic nitrogens is 3. The van der Waals surface area contributed by atoms with Crippen molar-refractivity contribution in [1.29, 1.82) is 0 Å². The van der Waals surface area contributed by atoms with Crippen molar-refractivity contribution in [1.82, 2.24) is 15.0 Å². The lowest BCUT2D eigenvalue weighted by molar-refractivity contribution is 0.942. The Morgan fingerprint density at radius 2 is 2.27 bits per heavy atom. The number of rotatable bonds is 1. The van der Waals surface area contributed by atoms with E-state index < -0.39 is 0 Å². The summed E-state index contributed by atoms with van der Waals surface area (Å²) >= 11 is 6.05. The number of hydrogen-bond acceptors (Lipinski definition) is 2. The maximum Gasteiger partial charge on any atom is 0.142 e. The van der Waals surface area contributed by atoms with Crippen molar-refractivity contribution < 1.29 is 0 Å². The highest BCUT2D eigenvalue weighted by Crippen LogP contribution is 2.50. The molecule has 15 heavy (non-hydrogen) atoms. The molecule has 0 unspecified atom stereocenters. The van der Waals surface area contributed by atoms with E-state index in [0.29, 0.717) is 5.15 Å². The minimum atomic E-state index is -0.132. The first kappa shape index (κ1) is 8.75. The number of nitrogens with one attached hydrogen (secondary N) is 1. The maximum absolute atomic E-state index is 6.05. The zero-order chi connectivity index (χ0) is 10.5. The van der Waals surface area contributed by atoms with Crippen LogP contribution in [0.4, 0.5) is 0 Å². The number of terminal acetylenes is 1. The highest BCUT2D eigenvalue weighted by atomic mass is 35.5. The van der Waals surface area contributed by atoms with Crippen molar-refractivity contribution in [3.8, 4) is 12.3 Å². The first-order chi connectivity index (χ1) is 7.27. The van der Waals surface area contributed by atoms with Gasteiger partial charge in [0.2, 0.25) is 0 Å². The molecule has 2 heterocycles. The van der Waals surface area contributed by atoms with Gasteiger partial charge in [-0.1, -0.05) is 17.5 Å². The van der Waals surface area contributed by atoms with E-state index in [-0.39, 0.29) is 5.41 Å². The van der Waals surface area contributed by atoms with E-state index in [2.05, 4.69) is 20.9 Å². The average molecular weight is 218 g/mol. The minimum absolute atomic E-state index is 0.132. The van der Waals surface area contributed by atoms with Crippen LogP contribution in [0, 0.1) is 12.3 Å². The van der Waals surface area contributed by atoms with Crippen LogP contribution in [0.3, 0.4) is 0 Å². The molecule has 74 valence electrons. The van der Waals surface area contributed by atoms with Gasteiger partial charge in [0.05, 0.1) is 10.8 Å². The lowest BCUT2D eigenvalue weighted by Gasteiger charge is -2.05. The molecule has 2 aromatic rings. The number of aromatic amines is 1. The lowest BCUT2D eigenvalue weighted by Crippen LogP contribution is -2.01. The largest absolute Gasteiger partial charge is 0.346 e. The van der Waals surface area contributed by atoms with Crippen LogP contribution < -0.4 is 0 Å². The van der Waals surface area contributed by atoms with Crippen molar-refractivity contribution >= 4 is 22.6 Å². The first-order valence-corrected chi connectivity index (χ1v) is 5.10.